The highest BCUT2D eigenvalue weighted by Gasteiger charge is 2.54. The topological polar surface area (TPSA) is 83.1 Å². The zero-order valence-corrected chi connectivity index (χ0v) is 72.3. The number of rotatable bonds is 51. The molecule has 0 amide bonds. The summed E-state index contributed by atoms with van der Waals surface area (Å²) in [6.45, 7) is 32.7. The van der Waals surface area contributed by atoms with Gasteiger partial charge in [-0.25, -0.2) is 0 Å². The number of thiophene rings is 4. The average Bonchev–Trinajstić information content (AvgIpc) is 1.49. The van der Waals surface area contributed by atoms with Gasteiger partial charge in [0.1, 0.15) is 23.0 Å². The molecule has 0 bridgehead atoms. The van der Waals surface area contributed by atoms with Crippen LogP contribution in [-0.2, 0) is 23.3 Å². The molecule has 8 aromatic rings. The van der Waals surface area contributed by atoms with E-state index >= 15 is 0 Å². The van der Waals surface area contributed by atoms with Crippen LogP contribution in [0.15, 0.2) is 64.7 Å². The summed E-state index contributed by atoms with van der Waals surface area (Å²) in [7, 11) is -0.912. The number of benzene rings is 4. The molecular formula is C91H142B2O9S4. The standard InChI is InChI=1S/C44H67BO4S2.C38H56O2S2.C9H19BO3/c1-7-9-11-13-15-17-19-21-23-25-28-46-36-31-34-27-30-50-41(34)39-37(47-29-26-24-22-20-18-16-14-12-10-8-2)32-35-33-38(51-42(35)40(36)39)45-48-43(3,4)44(5,6)49-45;1-3-5-7-9-11-13-15-17-19-21-25-39-33-29-31-23-27-42-38(31)36-34(30-32-24-28-41-37(32)35(33)36)40-26-22-20-18-16-14-12-10-8-6-4-2;1-7(2)11-10-12-8(3,4)9(5,6)13-10/h27,30-33H,7-26,28-29H2,1-6H3;23-24,27-30H,3-22,25-26H2,1-2H3;7H,1-6H3. The van der Waals surface area contributed by atoms with E-state index in [1.807, 2.05) is 64.2 Å². The van der Waals surface area contributed by atoms with Gasteiger partial charge in [0.2, 0.25) is 0 Å². The van der Waals surface area contributed by atoms with Gasteiger partial charge in [-0.15, -0.1) is 45.3 Å². The Morgan fingerprint density at radius 1 is 0.311 bits per heavy atom. The summed E-state index contributed by atoms with van der Waals surface area (Å²) in [5.74, 6) is 4.01. The Kier molecular flexibility index (Phi) is 38.5. The molecule has 0 N–H and O–H groups in total. The molecule has 15 heteroatoms. The van der Waals surface area contributed by atoms with Crippen molar-refractivity contribution in [1.82, 2.24) is 0 Å². The Hall–Kier alpha value is -3.63. The van der Waals surface area contributed by atoms with Crippen molar-refractivity contribution in [1.29, 1.82) is 0 Å². The van der Waals surface area contributed by atoms with Crippen LogP contribution in [0.2, 0.25) is 0 Å². The maximum absolute atomic E-state index is 6.74. The first-order chi connectivity index (χ1) is 51.3. The van der Waals surface area contributed by atoms with E-state index in [1.165, 1.54) is 293 Å². The van der Waals surface area contributed by atoms with Crippen molar-refractivity contribution in [2.75, 3.05) is 26.4 Å². The molecule has 0 aliphatic carbocycles. The molecule has 4 aromatic heterocycles. The van der Waals surface area contributed by atoms with E-state index in [0.29, 0.717) is 0 Å². The van der Waals surface area contributed by atoms with Gasteiger partial charge < -0.3 is 42.2 Å². The molecule has 0 unspecified atom stereocenters. The van der Waals surface area contributed by atoms with Gasteiger partial charge in [-0.1, -0.05) is 259 Å². The normalized spacial score (nSPS) is 15.3. The van der Waals surface area contributed by atoms with Gasteiger partial charge in [-0.05, 0) is 181 Å². The largest absolute Gasteiger partial charge is 0.640 e. The molecule has 2 saturated heterocycles. The van der Waals surface area contributed by atoms with Gasteiger partial charge in [0.15, 0.2) is 0 Å². The molecule has 590 valence electrons. The second kappa shape index (κ2) is 46.4. The van der Waals surface area contributed by atoms with Crippen molar-refractivity contribution in [2.45, 2.75) is 382 Å². The highest BCUT2D eigenvalue weighted by atomic mass is 32.1. The van der Waals surface area contributed by atoms with Gasteiger partial charge in [-0.2, -0.15) is 0 Å². The van der Waals surface area contributed by atoms with Gasteiger partial charge in [0, 0.05) is 51.2 Å². The number of hydrogen-bond donors (Lipinski definition) is 0. The summed E-state index contributed by atoms with van der Waals surface area (Å²) in [6.07, 6.45) is 53.4. The maximum Gasteiger partial charge on any atom is 0.640 e. The van der Waals surface area contributed by atoms with Gasteiger partial charge in [0.25, 0.3) is 0 Å². The smallest absolute Gasteiger partial charge is 0.493 e. The molecule has 2 fully saturated rings. The Balaban J connectivity index is 0.000000231. The zero-order valence-electron chi connectivity index (χ0n) is 69.0. The number of ether oxygens (including phenoxy) is 4. The monoisotopic (exact) mass is 1530 g/mol. The van der Waals surface area contributed by atoms with E-state index in [1.54, 1.807) is 22.7 Å². The lowest BCUT2D eigenvalue weighted by atomic mass is 9.87. The lowest BCUT2D eigenvalue weighted by Gasteiger charge is -2.32. The van der Waals surface area contributed by atoms with Crippen LogP contribution in [0.4, 0.5) is 0 Å². The molecule has 4 aromatic carbocycles. The number of unbranched alkanes of at least 4 members (excludes halogenated alkanes) is 36. The van der Waals surface area contributed by atoms with Crippen LogP contribution >= 0.6 is 45.3 Å². The van der Waals surface area contributed by atoms with E-state index in [9.17, 15) is 0 Å². The first-order valence-electron chi connectivity index (χ1n) is 43.0. The minimum absolute atomic E-state index is 0.120. The third-order valence-corrected chi connectivity index (χ3v) is 26.6. The van der Waals surface area contributed by atoms with Crippen molar-refractivity contribution in [3.8, 4) is 23.0 Å². The summed E-state index contributed by atoms with van der Waals surface area (Å²) < 4.78 is 62.6. The summed E-state index contributed by atoms with van der Waals surface area (Å²) in [5, 5.41) is 16.5. The minimum Gasteiger partial charge on any atom is -0.493 e. The summed E-state index contributed by atoms with van der Waals surface area (Å²) in [5.41, 5.74) is -1.36. The summed E-state index contributed by atoms with van der Waals surface area (Å²) in [6, 6.07) is 18.0. The quantitative estimate of drug-likeness (QED) is 0.0273. The fraction of sp³-hybridized carbons (Fsp3) is 0.692. The third-order valence-electron chi connectivity index (χ3n) is 22.5. The average molecular weight is 1530 g/mol. The van der Waals surface area contributed by atoms with Crippen LogP contribution in [0.3, 0.4) is 0 Å². The molecule has 0 saturated carbocycles. The molecule has 0 atom stereocenters. The highest BCUT2D eigenvalue weighted by molar-refractivity contribution is 7.29. The van der Waals surface area contributed by atoms with Gasteiger partial charge >= 0.3 is 14.4 Å². The van der Waals surface area contributed by atoms with Gasteiger partial charge in [-0.3, -0.25) is 0 Å². The second-order valence-electron chi connectivity index (χ2n) is 33.0. The lowest BCUT2D eigenvalue weighted by Crippen LogP contribution is -2.41. The van der Waals surface area contributed by atoms with Crippen molar-refractivity contribution in [3.63, 3.8) is 0 Å². The van der Waals surface area contributed by atoms with Crippen LogP contribution < -0.4 is 23.7 Å². The molecule has 10 rings (SSSR count). The van der Waals surface area contributed by atoms with Crippen molar-refractivity contribution < 1.29 is 42.2 Å². The first kappa shape index (κ1) is 87.9. The predicted octanol–water partition coefficient (Wildman–Crippen LogP) is 30.0. The van der Waals surface area contributed by atoms with E-state index in [0.717, 1.165) is 79.9 Å². The first-order valence-corrected chi connectivity index (χ1v) is 46.4. The molecular weight excluding hydrogens is 1390 g/mol. The molecule has 0 radical (unpaired) electrons. The predicted molar refractivity (Wildman–Crippen MR) is 467 cm³/mol. The second-order valence-corrected chi connectivity index (χ2v) is 36.9. The van der Waals surface area contributed by atoms with Gasteiger partial charge in [0.05, 0.1) is 48.8 Å². The molecule has 9 nitrogen and oxygen atoms in total. The fourth-order valence-corrected chi connectivity index (χ4v) is 18.5. The van der Waals surface area contributed by atoms with E-state index in [2.05, 4.69) is 120 Å². The summed E-state index contributed by atoms with van der Waals surface area (Å²) >= 11 is 7.24. The van der Waals surface area contributed by atoms with Crippen LogP contribution in [0, 0.1) is 0 Å². The SMILES string of the molecule is CC(C)OB1OC(C)(C)C(C)(C)O1.CCCCCCCCCCCCOc1cc2cc(B3OC(C)(C)C(C)(C)O3)sc2c2c(OCCCCCCCCCCCC)cc3ccsc3c12.CCCCCCCCCCCCOc1cc2ccsc2c2c(OCCCCCCCCCCCC)cc3ccsc3c12. The number of fused-ring (bicyclic) bond motifs is 10. The number of hydrogen-bond acceptors (Lipinski definition) is 13. The van der Waals surface area contributed by atoms with Crippen molar-refractivity contribution in [3.05, 3.63) is 64.7 Å². The van der Waals surface area contributed by atoms with Crippen LogP contribution in [0.5, 0.6) is 23.0 Å². The lowest BCUT2D eigenvalue weighted by molar-refractivity contribution is 0.00578. The van der Waals surface area contributed by atoms with E-state index < -0.39 is 7.32 Å². The fourth-order valence-electron chi connectivity index (χ4n) is 14.6. The molecule has 2 aliphatic heterocycles. The molecule has 0 spiro atoms. The Morgan fingerprint density at radius 2 is 0.557 bits per heavy atom. The summed E-state index contributed by atoms with van der Waals surface area (Å²) in [4.78, 5) is 0. The minimum atomic E-state index is -0.523. The van der Waals surface area contributed by atoms with Crippen LogP contribution in [-0.4, -0.2) is 69.4 Å². The maximum atomic E-state index is 6.74. The molecule has 6 heterocycles. The van der Waals surface area contributed by atoms with Crippen LogP contribution in [0.1, 0.15) is 354 Å². The third kappa shape index (κ3) is 26.8. The zero-order chi connectivity index (χ0) is 75.6. The molecule has 106 heavy (non-hydrogen) atoms. The van der Waals surface area contributed by atoms with Crippen molar-refractivity contribution >= 4 is 126 Å². The Bertz CT molecular complexity index is 3590. The van der Waals surface area contributed by atoms with E-state index in [4.69, 9.17) is 42.2 Å². The van der Waals surface area contributed by atoms with Crippen LogP contribution in [0.25, 0.3) is 61.9 Å². The molecule has 2 aliphatic rings. The Morgan fingerprint density at radius 3 is 0.830 bits per heavy atom. The van der Waals surface area contributed by atoms with E-state index in [-0.39, 0.29) is 35.6 Å². The Labute approximate surface area is 660 Å². The van der Waals surface area contributed by atoms with Crippen molar-refractivity contribution in [2.24, 2.45) is 0 Å². The highest BCUT2D eigenvalue weighted by Crippen LogP contribution is 2.50.